The van der Waals surface area contributed by atoms with Crippen LogP contribution in [0.3, 0.4) is 0 Å². The summed E-state index contributed by atoms with van der Waals surface area (Å²) in [7, 11) is 0. The second-order valence-corrected chi connectivity index (χ2v) is 6.88. The smallest absolute Gasteiger partial charge is 0.319 e. The van der Waals surface area contributed by atoms with Gasteiger partial charge in [0.25, 0.3) is 5.91 Å². The first-order valence-electron chi connectivity index (χ1n) is 9.51. The normalized spacial score (nSPS) is 11.7. The van der Waals surface area contributed by atoms with Gasteiger partial charge in [-0.25, -0.2) is 4.39 Å². The number of hydrogen-bond acceptors (Lipinski definition) is 2. The molecule has 0 aliphatic heterocycles. The van der Waals surface area contributed by atoms with Crippen molar-refractivity contribution in [3.05, 3.63) is 108 Å². The Morgan fingerprint density at radius 2 is 1.61 bits per heavy atom. The molecule has 0 aliphatic rings. The summed E-state index contributed by atoms with van der Waals surface area (Å²) in [5.74, 6) is -5.63. The van der Waals surface area contributed by atoms with Crippen molar-refractivity contribution < 1.29 is 18.0 Å². The Balaban J connectivity index is 1.63. The van der Waals surface area contributed by atoms with Gasteiger partial charge in [0.1, 0.15) is 5.82 Å². The van der Waals surface area contributed by atoms with Gasteiger partial charge < -0.3 is 5.32 Å². The number of nitrogens with zero attached hydrogens (tertiary/aromatic N) is 1. The van der Waals surface area contributed by atoms with Gasteiger partial charge >= 0.3 is 5.92 Å². The molecule has 1 aromatic heterocycles. The lowest BCUT2D eigenvalue weighted by atomic mass is 9.99. The zero-order valence-corrected chi connectivity index (χ0v) is 16.2. The molecule has 1 heterocycles. The van der Waals surface area contributed by atoms with E-state index in [1.807, 2.05) is 0 Å². The van der Waals surface area contributed by atoms with E-state index >= 15 is 8.78 Å². The molecule has 0 bridgehead atoms. The molecule has 0 saturated carbocycles. The number of carbonyl (C=O) groups excluding carboxylic acids is 1. The molecular formula is C25H17F3N2O. The number of nitrogens with one attached hydrogen (secondary N) is 1. The van der Waals surface area contributed by atoms with Gasteiger partial charge in [-0.05, 0) is 35.4 Å². The summed E-state index contributed by atoms with van der Waals surface area (Å²) in [6.45, 7) is 0. The van der Waals surface area contributed by atoms with Gasteiger partial charge in [0, 0.05) is 17.1 Å². The van der Waals surface area contributed by atoms with Crippen molar-refractivity contribution in [2.24, 2.45) is 0 Å². The largest absolute Gasteiger partial charge is 0.350 e. The number of alkyl halides is 2. The number of halogens is 3. The van der Waals surface area contributed by atoms with Gasteiger partial charge in [-0.15, -0.1) is 0 Å². The predicted octanol–water partition coefficient (Wildman–Crippen LogP) is 6.27. The minimum Gasteiger partial charge on any atom is -0.319 e. The average molecular weight is 418 g/mol. The first kappa shape index (κ1) is 20.3. The van der Waals surface area contributed by atoms with Crippen molar-refractivity contribution in [3.8, 4) is 0 Å². The summed E-state index contributed by atoms with van der Waals surface area (Å²) in [6.07, 6.45) is 4.59. The highest BCUT2D eigenvalue weighted by atomic mass is 19.3. The fraction of sp³-hybridized carbons (Fsp3) is 0.0400. The van der Waals surface area contributed by atoms with Gasteiger partial charge in [-0.3, -0.25) is 9.78 Å². The Labute approximate surface area is 176 Å². The highest BCUT2D eigenvalue weighted by Crippen LogP contribution is 2.34. The predicted molar refractivity (Wildman–Crippen MR) is 116 cm³/mol. The zero-order valence-electron chi connectivity index (χ0n) is 16.2. The summed E-state index contributed by atoms with van der Waals surface area (Å²) >= 11 is 0. The second-order valence-electron chi connectivity index (χ2n) is 6.88. The van der Waals surface area contributed by atoms with Crippen molar-refractivity contribution >= 4 is 34.6 Å². The quantitative estimate of drug-likeness (QED) is 0.388. The maximum atomic E-state index is 15.2. The van der Waals surface area contributed by atoms with Gasteiger partial charge in [-0.1, -0.05) is 66.7 Å². The molecule has 0 atom stereocenters. The number of para-hydroxylation sites is 1. The number of fused-ring (bicyclic) bond motifs is 1. The molecule has 6 heteroatoms. The lowest BCUT2D eigenvalue weighted by Gasteiger charge is -2.19. The van der Waals surface area contributed by atoms with Crippen molar-refractivity contribution in [2.75, 3.05) is 5.32 Å². The maximum Gasteiger partial charge on any atom is 0.350 e. The van der Waals surface area contributed by atoms with Gasteiger partial charge in [0.2, 0.25) is 0 Å². The second kappa shape index (κ2) is 8.44. The molecule has 0 radical (unpaired) electrons. The summed E-state index contributed by atoms with van der Waals surface area (Å²) in [4.78, 5) is 16.8. The van der Waals surface area contributed by atoms with Crippen LogP contribution >= 0.6 is 0 Å². The number of pyridine rings is 1. The van der Waals surface area contributed by atoms with Crippen LogP contribution in [0.4, 0.5) is 18.9 Å². The third-order valence-corrected chi connectivity index (χ3v) is 4.79. The standard InChI is InChI=1S/C25H17F3N2O/c26-20-14-11-17(12-15-20)10-13-18-5-1-2-8-21(18)25(27,28)24(31)30-22-9-3-6-19-7-4-16-29-23(19)22/h1-16H,(H,30,31)/b13-10+. The lowest BCUT2D eigenvalue weighted by molar-refractivity contribution is -0.140. The van der Waals surface area contributed by atoms with Crippen LogP contribution in [0.25, 0.3) is 23.1 Å². The fourth-order valence-electron chi connectivity index (χ4n) is 3.22. The van der Waals surface area contributed by atoms with E-state index in [2.05, 4.69) is 10.3 Å². The van der Waals surface area contributed by atoms with Gasteiger partial charge in [0.05, 0.1) is 11.2 Å². The van der Waals surface area contributed by atoms with E-state index < -0.39 is 17.4 Å². The third kappa shape index (κ3) is 4.33. The van der Waals surface area contributed by atoms with E-state index in [0.29, 0.717) is 11.1 Å². The zero-order chi connectivity index (χ0) is 21.8. The minimum atomic E-state index is -3.79. The Bertz CT molecular complexity index is 1260. The van der Waals surface area contributed by atoms with Crippen LogP contribution in [-0.4, -0.2) is 10.9 Å². The number of hydrogen-bond donors (Lipinski definition) is 1. The van der Waals surface area contributed by atoms with Crippen molar-refractivity contribution in [1.29, 1.82) is 0 Å². The van der Waals surface area contributed by atoms with E-state index in [-0.39, 0.29) is 17.1 Å². The molecule has 154 valence electrons. The van der Waals surface area contributed by atoms with Crippen LogP contribution in [0.15, 0.2) is 85.1 Å². The molecule has 31 heavy (non-hydrogen) atoms. The number of aromatic nitrogens is 1. The Morgan fingerprint density at radius 1 is 0.871 bits per heavy atom. The molecule has 4 aromatic rings. The molecular weight excluding hydrogens is 401 g/mol. The van der Waals surface area contributed by atoms with Crippen LogP contribution in [-0.2, 0) is 10.7 Å². The summed E-state index contributed by atoms with van der Waals surface area (Å²) in [6, 6.07) is 19.9. The minimum absolute atomic E-state index is 0.183. The highest BCUT2D eigenvalue weighted by molar-refractivity contribution is 6.03. The van der Waals surface area contributed by atoms with Crippen LogP contribution in [0.5, 0.6) is 0 Å². The Morgan fingerprint density at radius 3 is 2.42 bits per heavy atom. The van der Waals surface area contributed by atoms with Gasteiger partial charge in [-0.2, -0.15) is 8.78 Å². The van der Waals surface area contributed by atoms with E-state index in [1.165, 1.54) is 60.8 Å². The van der Waals surface area contributed by atoms with Crippen LogP contribution in [0.1, 0.15) is 16.7 Å². The first-order valence-corrected chi connectivity index (χ1v) is 9.51. The van der Waals surface area contributed by atoms with Crippen molar-refractivity contribution in [3.63, 3.8) is 0 Å². The SMILES string of the molecule is O=C(Nc1cccc2cccnc12)C(F)(F)c1ccccc1/C=C/c1ccc(F)cc1. The molecule has 3 nitrogen and oxygen atoms in total. The van der Waals surface area contributed by atoms with Crippen molar-refractivity contribution in [2.45, 2.75) is 5.92 Å². The van der Waals surface area contributed by atoms with Crippen LogP contribution in [0.2, 0.25) is 0 Å². The van der Waals surface area contributed by atoms with E-state index in [1.54, 1.807) is 36.4 Å². The molecule has 1 amide bonds. The number of rotatable bonds is 5. The molecule has 0 aliphatic carbocycles. The number of anilines is 1. The van der Waals surface area contributed by atoms with Crippen LogP contribution in [0, 0.1) is 5.82 Å². The molecule has 4 rings (SSSR count). The van der Waals surface area contributed by atoms with Crippen LogP contribution < -0.4 is 5.32 Å². The van der Waals surface area contributed by atoms with Gasteiger partial charge in [0.15, 0.2) is 0 Å². The number of carbonyl (C=O) groups is 1. The van der Waals surface area contributed by atoms with E-state index in [9.17, 15) is 9.18 Å². The Hall–Kier alpha value is -3.93. The molecule has 0 spiro atoms. The lowest BCUT2D eigenvalue weighted by Crippen LogP contribution is -2.33. The number of amides is 1. The Kier molecular flexibility index (Phi) is 5.54. The van der Waals surface area contributed by atoms with Crippen molar-refractivity contribution in [1.82, 2.24) is 4.98 Å². The summed E-state index contributed by atoms with van der Waals surface area (Å²) in [5, 5.41) is 3.04. The third-order valence-electron chi connectivity index (χ3n) is 4.79. The molecule has 0 unspecified atom stereocenters. The van der Waals surface area contributed by atoms with E-state index in [4.69, 9.17) is 0 Å². The molecule has 1 N–H and O–H groups in total. The van der Waals surface area contributed by atoms with E-state index in [0.717, 1.165) is 5.39 Å². The maximum absolute atomic E-state index is 15.2. The molecule has 0 saturated heterocycles. The average Bonchev–Trinajstić information content (AvgIpc) is 2.79. The monoisotopic (exact) mass is 418 g/mol. The topological polar surface area (TPSA) is 42.0 Å². The highest BCUT2D eigenvalue weighted by Gasteiger charge is 2.42. The molecule has 3 aromatic carbocycles. The summed E-state index contributed by atoms with van der Waals surface area (Å²) < 4.78 is 43.4. The number of benzene rings is 3. The fourth-order valence-corrected chi connectivity index (χ4v) is 3.22. The summed E-state index contributed by atoms with van der Waals surface area (Å²) in [5.41, 5.74) is 1.04. The first-order chi connectivity index (χ1) is 14.9. The molecule has 0 fully saturated rings.